The highest BCUT2D eigenvalue weighted by atomic mass is 16.5. The molecule has 0 saturated heterocycles. The maximum absolute atomic E-state index is 10.3. The minimum absolute atomic E-state index is 0.701. The molecule has 0 fully saturated rings. The molecule has 10 nitrogen and oxygen atoms in total. The third-order valence-corrected chi connectivity index (χ3v) is 6.53. The van der Waals surface area contributed by atoms with Gasteiger partial charge in [-0.2, -0.15) is 0 Å². The van der Waals surface area contributed by atoms with Crippen LogP contribution >= 0.6 is 0 Å². The van der Waals surface area contributed by atoms with E-state index in [4.69, 9.17) is 29.9 Å². The number of hydrogen-bond donors (Lipinski definition) is 4. The first-order valence-electron chi connectivity index (χ1n) is 13.8. The number of nitrogens with zero attached hydrogens (tertiary/aromatic N) is 1. The highest BCUT2D eigenvalue weighted by molar-refractivity contribution is 5.91. The van der Waals surface area contributed by atoms with Gasteiger partial charge in [-0.1, -0.05) is 68.4 Å². The molecule has 3 aromatic rings. The number of hydrogen-bond acceptors (Lipinski definition) is 7. The minimum atomic E-state index is -2.74. The Morgan fingerprint density at radius 2 is 1.26 bits per heavy atom. The lowest BCUT2D eigenvalue weighted by molar-refractivity contribution is -0.170. The van der Waals surface area contributed by atoms with Crippen molar-refractivity contribution >= 4 is 29.6 Å². The summed E-state index contributed by atoms with van der Waals surface area (Å²) in [5.41, 5.74) is 1.90. The van der Waals surface area contributed by atoms with Crippen LogP contribution in [-0.2, 0) is 14.4 Å². The van der Waals surface area contributed by atoms with E-state index in [1.165, 1.54) is 11.1 Å². The fourth-order valence-corrected chi connectivity index (χ4v) is 4.10. The van der Waals surface area contributed by atoms with Crippen LogP contribution in [0.1, 0.15) is 43.4 Å². The van der Waals surface area contributed by atoms with Crippen molar-refractivity contribution in [2.24, 2.45) is 0 Å². The number of likely N-dealkylation sites (N-methyl/N-ethyl adjacent to an activating group) is 1. The van der Waals surface area contributed by atoms with Crippen LogP contribution in [0, 0.1) is 0 Å². The van der Waals surface area contributed by atoms with Gasteiger partial charge in [0.1, 0.15) is 18.1 Å². The van der Waals surface area contributed by atoms with Crippen LogP contribution in [0.4, 0.5) is 0 Å². The van der Waals surface area contributed by atoms with Crippen molar-refractivity contribution in [3.05, 3.63) is 95.6 Å². The highest BCUT2D eigenvalue weighted by Crippen LogP contribution is 2.29. The molecule has 0 aliphatic heterocycles. The number of methoxy groups -OCH3 is 1. The van der Waals surface area contributed by atoms with E-state index in [9.17, 15) is 14.4 Å². The zero-order valence-corrected chi connectivity index (χ0v) is 24.6. The molecule has 0 heterocycles. The monoisotopic (exact) mass is 593 g/mol. The minimum Gasteiger partial charge on any atom is -0.497 e. The molecule has 3 aromatic carbocycles. The van der Waals surface area contributed by atoms with Gasteiger partial charge in [-0.05, 0) is 65.7 Å². The van der Waals surface area contributed by atoms with Crippen LogP contribution in [0.2, 0.25) is 0 Å². The van der Waals surface area contributed by atoms with E-state index in [1.807, 2.05) is 18.2 Å². The van der Waals surface area contributed by atoms with Crippen molar-refractivity contribution in [1.29, 1.82) is 0 Å². The van der Waals surface area contributed by atoms with Crippen LogP contribution in [-0.4, -0.2) is 82.2 Å². The normalized spacial score (nSPS) is 11.3. The van der Waals surface area contributed by atoms with Crippen LogP contribution < -0.4 is 9.47 Å². The van der Waals surface area contributed by atoms with Gasteiger partial charge in [0.25, 0.3) is 0 Å². The standard InChI is InChI=1S/C27H31NO2.C6H8O7/c1-4-28(5-2)19-20-30-26-17-13-24(14-18-26)27(21-22-9-7-6-8-10-22)23-11-15-25(29-3)16-12-23;7-3(8)1-6(13,5(11)12)2-4(9)10/h6-18,21H,4-5,19-20H2,1-3H3;13H,1-2H2,(H,7,8)(H,9,10)(H,11,12). The topological polar surface area (TPSA) is 154 Å². The van der Waals surface area contributed by atoms with Crippen molar-refractivity contribution in [3.63, 3.8) is 0 Å². The van der Waals surface area contributed by atoms with Gasteiger partial charge in [0, 0.05) is 6.54 Å². The fraction of sp³-hybridized carbons (Fsp3) is 0.303. The molecule has 3 rings (SSSR count). The van der Waals surface area contributed by atoms with Gasteiger partial charge in [-0.3, -0.25) is 9.59 Å². The first-order valence-corrected chi connectivity index (χ1v) is 13.8. The zero-order chi connectivity index (χ0) is 31.8. The molecule has 43 heavy (non-hydrogen) atoms. The third-order valence-electron chi connectivity index (χ3n) is 6.53. The summed E-state index contributed by atoms with van der Waals surface area (Å²) in [6.07, 6.45) is -0.0681. The Morgan fingerprint density at radius 3 is 1.67 bits per heavy atom. The van der Waals surface area contributed by atoms with Gasteiger partial charge in [-0.15, -0.1) is 0 Å². The Bertz CT molecular complexity index is 1320. The molecule has 0 aliphatic rings. The number of benzene rings is 3. The van der Waals surface area contributed by atoms with Gasteiger partial charge in [-0.25, -0.2) is 4.79 Å². The first kappa shape index (κ1) is 34.5. The highest BCUT2D eigenvalue weighted by Gasteiger charge is 2.40. The SMILES string of the molecule is CCN(CC)CCOc1ccc(C(=Cc2ccccc2)c2ccc(OC)cc2)cc1.O=C(O)CC(O)(CC(=O)O)C(=O)O. The van der Waals surface area contributed by atoms with E-state index in [1.54, 1.807) is 7.11 Å². The number of rotatable bonds is 15. The molecule has 0 spiro atoms. The number of aliphatic hydroxyl groups is 1. The molecular weight excluding hydrogens is 554 g/mol. The predicted molar refractivity (Wildman–Crippen MR) is 163 cm³/mol. The maximum Gasteiger partial charge on any atom is 0.336 e. The predicted octanol–water partition coefficient (Wildman–Crippen LogP) is 4.76. The molecule has 0 amide bonds. The van der Waals surface area contributed by atoms with E-state index in [-0.39, 0.29) is 0 Å². The summed E-state index contributed by atoms with van der Waals surface area (Å²) < 4.78 is 11.3. The van der Waals surface area contributed by atoms with Gasteiger partial charge in [0.05, 0.1) is 20.0 Å². The second-order valence-electron chi connectivity index (χ2n) is 9.57. The van der Waals surface area contributed by atoms with E-state index in [0.717, 1.165) is 42.3 Å². The molecule has 10 heteroatoms. The van der Waals surface area contributed by atoms with Gasteiger partial charge < -0.3 is 34.8 Å². The average molecular weight is 594 g/mol. The molecule has 0 aromatic heterocycles. The molecule has 0 aliphatic carbocycles. The molecule has 0 saturated carbocycles. The van der Waals surface area contributed by atoms with Crippen LogP contribution in [0.25, 0.3) is 11.6 Å². The largest absolute Gasteiger partial charge is 0.497 e. The number of carboxylic acids is 3. The Labute approximate surface area is 251 Å². The van der Waals surface area contributed by atoms with Crippen molar-refractivity contribution in [3.8, 4) is 11.5 Å². The Morgan fingerprint density at radius 1 is 0.767 bits per heavy atom. The van der Waals surface area contributed by atoms with E-state index in [0.29, 0.717) is 6.61 Å². The number of ether oxygens (including phenoxy) is 2. The molecular formula is C33H39NO9. The van der Waals surface area contributed by atoms with E-state index < -0.39 is 36.4 Å². The summed E-state index contributed by atoms with van der Waals surface area (Å²) in [4.78, 5) is 32.8. The first-order chi connectivity index (χ1) is 20.5. The van der Waals surface area contributed by atoms with Gasteiger partial charge in [0.15, 0.2) is 5.60 Å². The number of carboxylic acid groups (broad SMARTS) is 3. The Balaban J connectivity index is 0.000000420. The van der Waals surface area contributed by atoms with Crippen LogP contribution in [0.3, 0.4) is 0 Å². The van der Waals surface area contributed by atoms with Crippen molar-refractivity contribution < 1.29 is 44.3 Å². The van der Waals surface area contributed by atoms with E-state index in [2.05, 4.69) is 85.5 Å². The number of carbonyl (C=O) groups is 3. The number of aliphatic carboxylic acids is 3. The average Bonchev–Trinajstić information content (AvgIpc) is 2.98. The third kappa shape index (κ3) is 11.6. The second kappa shape index (κ2) is 17.3. The lowest BCUT2D eigenvalue weighted by Crippen LogP contribution is -2.42. The lowest BCUT2D eigenvalue weighted by Gasteiger charge is -2.18. The van der Waals surface area contributed by atoms with Gasteiger partial charge >= 0.3 is 17.9 Å². The lowest BCUT2D eigenvalue weighted by atomic mass is 9.95. The molecule has 4 N–H and O–H groups in total. The van der Waals surface area contributed by atoms with E-state index >= 15 is 0 Å². The molecule has 0 unspecified atom stereocenters. The zero-order valence-electron chi connectivity index (χ0n) is 24.6. The molecule has 0 radical (unpaired) electrons. The molecule has 230 valence electrons. The maximum atomic E-state index is 10.3. The van der Waals surface area contributed by atoms with Crippen LogP contribution in [0.15, 0.2) is 78.9 Å². The summed E-state index contributed by atoms with van der Waals surface area (Å²) in [5, 5.41) is 33.8. The molecule has 0 bridgehead atoms. The smallest absolute Gasteiger partial charge is 0.336 e. The van der Waals surface area contributed by atoms with Crippen molar-refractivity contribution in [2.75, 3.05) is 33.4 Å². The Kier molecular flexibility index (Phi) is 13.9. The van der Waals surface area contributed by atoms with Crippen LogP contribution in [0.5, 0.6) is 11.5 Å². The quantitative estimate of drug-likeness (QED) is 0.181. The summed E-state index contributed by atoms with van der Waals surface area (Å²) in [6.45, 7) is 8.10. The molecule has 0 atom stereocenters. The summed E-state index contributed by atoms with van der Waals surface area (Å²) in [5.74, 6) is -3.26. The van der Waals surface area contributed by atoms with Gasteiger partial charge in [0.2, 0.25) is 0 Å². The fourth-order valence-electron chi connectivity index (χ4n) is 4.10. The summed E-state index contributed by atoms with van der Waals surface area (Å²) in [7, 11) is 1.69. The summed E-state index contributed by atoms with van der Waals surface area (Å²) >= 11 is 0. The summed E-state index contributed by atoms with van der Waals surface area (Å²) in [6, 6.07) is 27.0. The van der Waals surface area contributed by atoms with Crippen molar-refractivity contribution in [2.45, 2.75) is 32.3 Å². The second-order valence-corrected chi connectivity index (χ2v) is 9.57. The van der Waals surface area contributed by atoms with Crippen molar-refractivity contribution in [1.82, 2.24) is 4.90 Å². The Hall–Kier alpha value is -4.67.